The van der Waals surface area contributed by atoms with Crippen LogP contribution in [0.3, 0.4) is 0 Å². The molecule has 2 rings (SSSR count). The van der Waals surface area contributed by atoms with Crippen molar-refractivity contribution in [1.29, 1.82) is 0 Å². The number of pyridine rings is 1. The molecule has 21 heavy (non-hydrogen) atoms. The van der Waals surface area contributed by atoms with Crippen molar-refractivity contribution < 1.29 is 8.42 Å². The topological polar surface area (TPSA) is 74.3 Å². The Balaban J connectivity index is 1.86. The first kappa shape index (κ1) is 16.2. The van der Waals surface area contributed by atoms with Crippen LogP contribution in [0.25, 0.3) is 0 Å². The molecule has 118 valence electrons. The first-order chi connectivity index (χ1) is 9.97. The molecule has 1 fully saturated rings. The molecule has 1 aromatic rings. The molecule has 2 N–H and O–H groups in total. The van der Waals surface area contributed by atoms with E-state index >= 15 is 0 Å². The van der Waals surface area contributed by atoms with Gasteiger partial charge in [0.25, 0.3) is 0 Å². The van der Waals surface area contributed by atoms with Gasteiger partial charge in [-0.15, -0.1) is 0 Å². The van der Waals surface area contributed by atoms with E-state index in [2.05, 4.69) is 28.9 Å². The van der Waals surface area contributed by atoms with Gasteiger partial charge < -0.3 is 5.32 Å². The van der Waals surface area contributed by atoms with Crippen LogP contribution in [0.1, 0.15) is 26.7 Å². The fraction of sp³-hybridized carbons (Fsp3) is 0.643. The number of nitrogens with one attached hydrogen (secondary N) is 2. The number of hydrogen-bond donors (Lipinski definition) is 2. The van der Waals surface area contributed by atoms with Gasteiger partial charge in [0.1, 0.15) is 5.82 Å². The molecule has 0 atom stereocenters. The number of hydrogen-bond acceptors (Lipinski definition) is 4. The minimum absolute atomic E-state index is 0.362. The van der Waals surface area contributed by atoms with Gasteiger partial charge in [-0.3, -0.25) is 4.72 Å². The van der Waals surface area contributed by atoms with E-state index in [9.17, 15) is 8.42 Å². The molecule has 1 saturated heterocycles. The maximum atomic E-state index is 12.3. The number of piperidine rings is 1. The van der Waals surface area contributed by atoms with Crippen molar-refractivity contribution in [2.24, 2.45) is 5.92 Å². The van der Waals surface area contributed by atoms with Crippen molar-refractivity contribution in [3.63, 3.8) is 0 Å². The number of aromatic nitrogens is 1. The van der Waals surface area contributed by atoms with E-state index in [1.807, 2.05) is 0 Å². The smallest absolute Gasteiger partial charge is 0.302 e. The number of rotatable bonds is 6. The van der Waals surface area contributed by atoms with E-state index in [-0.39, 0.29) is 0 Å². The quantitative estimate of drug-likeness (QED) is 0.834. The monoisotopic (exact) mass is 312 g/mol. The predicted octanol–water partition coefficient (Wildman–Crippen LogP) is 1.45. The molecule has 6 nitrogen and oxygen atoms in total. The fourth-order valence-electron chi connectivity index (χ4n) is 2.38. The summed E-state index contributed by atoms with van der Waals surface area (Å²) in [7, 11) is -3.49. The highest BCUT2D eigenvalue weighted by Crippen LogP contribution is 2.20. The van der Waals surface area contributed by atoms with E-state index in [1.54, 1.807) is 24.4 Å². The molecule has 1 aromatic heterocycles. The number of anilines is 1. The van der Waals surface area contributed by atoms with Crippen molar-refractivity contribution in [2.75, 3.05) is 24.4 Å². The normalized spacial score (nSPS) is 18.0. The third-order valence-electron chi connectivity index (χ3n) is 3.63. The molecule has 1 aliphatic rings. The Hall–Kier alpha value is -1.18. The largest absolute Gasteiger partial charge is 0.314 e. The summed E-state index contributed by atoms with van der Waals surface area (Å²) in [6.07, 6.45) is 3.35. The summed E-state index contributed by atoms with van der Waals surface area (Å²) in [5, 5.41) is 3.42. The van der Waals surface area contributed by atoms with Crippen LogP contribution < -0.4 is 10.0 Å². The zero-order valence-electron chi connectivity index (χ0n) is 12.6. The minimum Gasteiger partial charge on any atom is -0.314 e. The summed E-state index contributed by atoms with van der Waals surface area (Å²) < 4.78 is 28.6. The van der Waals surface area contributed by atoms with E-state index in [0.717, 1.165) is 19.4 Å². The average molecular weight is 312 g/mol. The van der Waals surface area contributed by atoms with Gasteiger partial charge in [-0.2, -0.15) is 12.7 Å². The maximum absolute atomic E-state index is 12.3. The fourth-order valence-corrected chi connectivity index (χ4v) is 3.58. The summed E-state index contributed by atoms with van der Waals surface area (Å²) in [6.45, 7) is 6.32. The van der Waals surface area contributed by atoms with Gasteiger partial charge in [-0.25, -0.2) is 4.98 Å². The maximum Gasteiger partial charge on any atom is 0.302 e. The lowest BCUT2D eigenvalue weighted by atomic mass is 9.98. The third-order valence-corrected chi connectivity index (χ3v) is 5.14. The zero-order valence-corrected chi connectivity index (χ0v) is 13.4. The van der Waals surface area contributed by atoms with Gasteiger partial charge in [-0.1, -0.05) is 19.9 Å². The summed E-state index contributed by atoms with van der Waals surface area (Å²) in [5.74, 6) is 0.912. The Bertz CT molecular complexity index is 525. The van der Waals surface area contributed by atoms with Gasteiger partial charge in [0.15, 0.2) is 0 Å². The molecule has 0 amide bonds. The highest BCUT2D eigenvalue weighted by Gasteiger charge is 2.28. The Kier molecular flexibility index (Phi) is 5.55. The van der Waals surface area contributed by atoms with Crippen LogP contribution in [-0.2, 0) is 10.2 Å². The summed E-state index contributed by atoms with van der Waals surface area (Å²) in [4.78, 5) is 4.00. The summed E-state index contributed by atoms with van der Waals surface area (Å²) in [5.41, 5.74) is 0. The molecule has 7 heteroatoms. The van der Waals surface area contributed by atoms with Crippen LogP contribution in [0, 0.1) is 5.92 Å². The SMILES string of the molecule is CC(C)NCC1CCN(S(=O)(=O)Nc2ccccn2)CC1. The predicted molar refractivity (Wildman–Crippen MR) is 84.2 cm³/mol. The van der Waals surface area contributed by atoms with Crippen LogP contribution in [0.4, 0.5) is 5.82 Å². The van der Waals surface area contributed by atoms with Crippen molar-refractivity contribution in [1.82, 2.24) is 14.6 Å². The first-order valence-electron chi connectivity index (χ1n) is 7.39. The van der Waals surface area contributed by atoms with E-state index in [4.69, 9.17) is 0 Å². The Morgan fingerprint density at radius 2 is 2.05 bits per heavy atom. The molecule has 1 aliphatic heterocycles. The molecule has 0 bridgehead atoms. The summed E-state index contributed by atoms with van der Waals surface area (Å²) in [6, 6.07) is 5.63. The summed E-state index contributed by atoms with van der Waals surface area (Å²) >= 11 is 0. The molecule has 2 heterocycles. The van der Waals surface area contributed by atoms with Crippen LogP contribution in [0.15, 0.2) is 24.4 Å². The molecule has 0 unspecified atom stereocenters. The lowest BCUT2D eigenvalue weighted by Gasteiger charge is -2.31. The molecular weight excluding hydrogens is 288 g/mol. The minimum atomic E-state index is -3.49. The highest BCUT2D eigenvalue weighted by molar-refractivity contribution is 7.90. The van der Waals surface area contributed by atoms with Gasteiger partial charge in [0.2, 0.25) is 0 Å². The lowest BCUT2D eigenvalue weighted by Crippen LogP contribution is -2.43. The standard InChI is InChI=1S/C14H24N4O2S/c1-12(2)16-11-13-6-9-18(10-7-13)21(19,20)17-14-5-3-4-8-15-14/h3-5,8,12-13,16H,6-7,9-11H2,1-2H3,(H,15,17). The molecule has 0 spiro atoms. The lowest BCUT2D eigenvalue weighted by molar-refractivity contribution is 0.265. The molecular formula is C14H24N4O2S. The molecule has 0 radical (unpaired) electrons. The van der Waals surface area contributed by atoms with Crippen LogP contribution >= 0.6 is 0 Å². The van der Waals surface area contributed by atoms with Crippen molar-refractivity contribution in [3.8, 4) is 0 Å². The van der Waals surface area contributed by atoms with E-state index < -0.39 is 10.2 Å². The van der Waals surface area contributed by atoms with E-state index in [0.29, 0.717) is 30.9 Å². The van der Waals surface area contributed by atoms with Crippen LogP contribution in [0.2, 0.25) is 0 Å². The zero-order chi connectivity index (χ0) is 15.3. The Labute approximate surface area is 127 Å². The second kappa shape index (κ2) is 7.20. The van der Waals surface area contributed by atoms with Crippen molar-refractivity contribution in [3.05, 3.63) is 24.4 Å². The highest BCUT2D eigenvalue weighted by atomic mass is 32.2. The molecule has 0 aliphatic carbocycles. The van der Waals surface area contributed by atoms with Gasteiger partial charge in [0.05, 0.1) is 0 Å². The second-order valence-corrected chi connectivity index (χ2v) is 7.40. The van der Waals surface area contributed by atoms with Gasteiger partial charge >= 0.3 is 10.2 Å². The third kappa shape index (κ3) is 4.94. The Morgan fingerprint density at radius 1 is 1.33 bits per heavy atom. The molecule has 0 saturated carbocycles. The van der Waals surface area contributed by atoms with E-state index in [1.165, 1.54) is 4.31 Å². The Morgan fingerprint density at radius 3 is 2.62 bits per heavy atom. The van der Waals surface area contributed by atoms with Gasteiger partial charge in [0, 0.05) is 25.3 Å². The number of nitrogens with zero attached hydrogens (tertiary/aromatic N) is 2. The van der Waals surface area contributed by atoms with Crippen LogP contribution in [-0.4, -0.2) is 43.4 Å². The first-order valence-corrected chi connectivity index (χ1v) is 8.83. The van der Waals surface area contributed by atoms with Crippen molar-refractivity contribution in [2.45, 2.75) is 32.7 Å². The average Bonchev–Trinajstić information content (AvgIpc) is 2.46. The van der Waals surface area contributed by atoms with Crippen molar-refractivity contribution >= 4 is 16.0 Å². The van der Waals surface area contributed by atoms with Gasteiger partial charge in [-0.05, 0) is 37.4 Å². The second-order valence-electron chi connectivity index (χ2n) is 5.73. The van der Waals surface area contributed by atoms with Crippen LogP contribution in [0.5, 0.6) is 0 Å². The molecule has 0 aromatic carbocycles.